The number of para-hydroxylation sites is 1. The molecular weight excluding hydrogens is 356 g/mol. The summed E-state index contributed by atoms with van der Waals surface area (Å²) in [6.07, 6.45) is 1.60. The molecule has 0 aliphatic rings. The first-order valence-electron chi connectivity index (χ1n) is 7.85. The number of benzene rings is 1. The first-order valence-corrected chi connectivity index (χ1v) is 9.10. The molecule has 0 aliphatic heterocycles. The number of halogens is 1. The summed E-state index contributed by atoms with van der Waals surface area (Å²) in [5, 5.41) is 9.70. The molecule has 3 aromatic rings. The van der Waals surface area contributed by atoms with Crippen molar-refractivity contribution in [3.05, 3.63) is 74.3 Å². The van der Waals surface area contributed by atoms with Crippen LogP contribution in [-0.4, -0.2) is 35.3 Å². The molecular formula is C18H19ClN4OS. The van der Waals surface area contributed by atoms with Crippen LogP contribution in [0, 0.1) is 0 Å². The Hall–Kier alpha value is -2.15. The van der Waals surface area contributed by atoms with Crippen LogP contribution in [0.4, 0.5) is 5.69 Å². The van der Waals surface area contributed by atoms with Crippen LogP contribution in [0.15, 0.2) is 58.8 Å². The number of thiophene rings is 1. The minimum absolute atomic E-state index is 0.141. The number of hydrogen-bond donors (Lipinski definition) is 1. The smallest absolute Gasteiger partial charge is 0.292 e. The van der Waals surface area contributed by atoms with Gasteiger partial charge in [-0.25, -0.2) is 0 Å². The monoisotopic (exact) mass is 374 g/mol. The maximum atomic E-state index is 12.5. The van der Waals surface area contributed by atoms with E-state index in [9.17, 15) is 4.79 Å². The van der Waals surface area contributed by atoms with Gasteiger partial charge in [0.15, 0.2) is 0 Å². The minimum atomic E-state index is -0.338. The predicted molar refractivity (Wildman–Crippen MR) is 104 cm³/mol. The van der Waals surface area contributed by atoms with Crippen molar-refractivity contribution in [1.82, 2.24) is 14.7 Å². The lowest BCUT2D eigenvalue weighted by Crippen LogP contribution is -2.28. The molecule has 1 N–H and O–H groups in total. The lowest BCUT2D eigenvalue weighted by molar-refractivity contribution is 0.316. The van der Waals surface area contributed by atoms with E-state index < -0.39 is 0 Å². The topological polar surface area (TPSA) is 50.2 Å². The molecule has 0 saturated heterocycles. The van der Waals surface area contributed by atoms with Crippen molar-refractivity contribution >= 4 is 28.6 Å². The van der Waals surface area contributed by atoms with Crippen LogP contribution in [0.5, 0.6) is 0 Å². The van der Waals surface area contributed by atoms with Crippen molar-refractivity contribution in [2.75, 3.05) is 26.0 Å². The van der Waals surface area contributed by atoms with Crippen LogP contribution in [0.1, 0.15) is 10.9 Å². The molecule has 1 aromatic carbocycles. The Labute approximate surface area is 155 Å². The summed E-state index contributed by atoms with van der Waals surface area (Å²) in [6.45, 7) is 0.629. The van der Waals surface area contributed by atoms with Crippen LogP contribution in [0.2, 0.25) is 5.02 Å². The van der Waals surface area contributed by atoms with Crippen molar-refractivity contribution in [3.63, 3.8) is 0 Å². The quantitative estimate of drug-likeness (QED) is 0.715. The lowest BCUT2D eigenvalue weighted by Gasteiger charge is -2.24. The maximum Gasteiger partial charge on any atom is 0.292 e. The number of nitrogens with zero attached hydrogens (tertiary/aromatic N) is 3. The van der Waals surface area contributed by atoms with E-state index in [0.717, 1.165) is 0 Å². The molecule has 25 heavy (non-hydrogen) atoms. The second kappa shape index (κ2) is 7.82. The zero-order valence-corrected chi connectivity index (χ0v) is 15.6. The number of likely N-dealkylation sites (N-methyl/N-ethyl adjacent to an activating group) is 1. The third-order valence-electron chi connectivity index (χ3n) is 3.90. The third kappa shape index (κ3) is 3.92. The van der Waals surface area contributed by atoms with Gasteiger partial charge in [-0.1, -0.05) is 35.9 Å². The average molecular weight is 375 g/mol. The van der Waals surface area contributed by atoms with Gasteiger partial charge in [-0.2, -0.15) is 9.78 Å². The van der Waals surface area contributed by atoms with Gasteiger partial charge in [0.05, 0.1) is 23.6 Å². The Morgan fingerprint density at radius 1 is 1.24 bits per heavy atom. The summed E-state index contributed by atoms with van der Waals surface area (Å²) >= 11 is 7.99. The molecule has 0 bridgehead atoms. The van der Waals surface area contributed by atoms with Gasteiger partial charge < -0.3 is 10.2 Å². The first-order chi connectivity index (χ1) is 12.1. The van der Waals surface area contributed by atoms with Crippen molar-refractivity contribution in [1.29, 1.82) is 0 Å². The standard InChI is InChI=1S/C18H19ClN4OS/c1-22(2)15(16-9-6-10-25-16)12-20-14-11-21-23(18(24)17(14)19)13-7-4-3-5-8-13/h3-11,15,20H,12H2,1-2H3. The number of rotatable bonds is 6. The van der Waals surface area contributed by atoms with E-state index in [1.807, 2.05) is 50.5 Å². The fourth-order valence-electron chi connectivity index (χ4n) is 2.53. The first kappa shape index (κ1) is 17.7. The van der Waals surface area contributed by atoms with Crippen molar-refractivity contribution in [3.8, 4) is 5.69 Å². The number of anilines is 1. The minimum Gasteiger partial charge on any atom is -0.380 e. The van der Waals surface area contributed by atoms with E-state index >= 15 is 0 Å². The van der Waals surface area contributed by atoms with E-state index in [1.54, 1.807) is 17.5 Å². The molecule has 130 valence electrons. The molecule has 2 heterocycles. The molecule has 0 radical (unpaired) electrons. The van der Waals surface area contributed by atoms with Crippen LogP contribution < -0.4 is 10.9 Å². The Kier molecular flexibility index (Phi) is 5.53. The van der Waals surface area contributed by atoms with Gasteiger partial charge >= 0.3 is 0 Å². The summed E-state index contributed by atoms with van der Waals surface area (Å²) < 4.78 is 1.30. The summed E-state index contributed by atoms with van der Waals surface area (Å²) in [6, 6.07) is 13.5. The van der Waals surface area contributed by atoms with Gasteiger partial charge in [0, 0.05) is 11.4 Å². The highest BCUT2D eigenvalue weighted by Crippen LogP contribution is 2.25. The molecule has 0 spiro atoms. The summed E-state index contributed by atoms with van der Waals surface area (Å²) in [4.78, 5) is 15.9. The maximum absolute atomic E-state index is 12.5. The molecule has 3 rings (SSSR count). The molecule has 7 heteroatoms. The molecule has 0 fully saturated rings. The summed E-state index contributed by atoms with van der Waals surface area (Å²) in [5.41, 5.74) is 0.892. The molecule has 1 atom stereocenters. The van der Waals surface area contributed by atoms with Crippen molar-refractivity contribution in [2.45, 2.75) is 6.04 Å². The lowest BCUT2D eigenvalue weighted by atomic mass is 10.2. The van der Waals surface area contributed by atoms with Gasteiger partial charge in [0.2, 0.25) is 0 Å². The molecule has 0 amide bonds. The van der Waals surface area contributed by atoms with E-state index in [0.29, 0.717) is 17.9 Å². The predicted octanol–water partition coefficient (Wildman–Crippen LogP) is 3.66. The zero-order chi connectivity index (χ0) is 17.8. The van der Waals surface area contributed by atoms with Crippen LogP contribution in [0.3, 0.4) is 0 Å². The van der Waals surface area contributed by atoms with Gasteiger partial charge in [-0.3, -0.25) is 4.79 Å². The third-order valence-corrected chi connectivity index (χ3v) is 5.24. The van der Waals surface area contributed by atoms with Gasteiger partial charge in [0.25, 0.3) is 5.56 Å². The van der Waals surface area contributed by atoms with Gasteiger partial charge in [-0.05, 0) is 37.7 Å². The number of hydrogen-bond acceptors (Lipinski definition) is 5. The number of aromatic nitrogens is 2. The zero-order valence-electron chi connectivity index (χ0n) is 14.0. The molecule has 0 aliphatic carbocycles. The van der Waals surface area contributed by atoms with Crippen molar-refractivity contribution in [2.24, 2.45) is 0 Å². The van der Waals surface area contributed by atoms with E-state index in [1.165, 1.54) is 9.56 Å². The van der Waals surface area contributed by atoms with Crippen LogP contribution in [-0.2, 0) is 0 Å². The summed E-state index contributed by atoms with van der Waals surface area (Å²) in [7, 11) is 4.05. The fourth-order valence-corrected chi connectivity index (χ4v) is 3.65. The van der Waals surface area contributed by atoms with E-state index in [4.69, 9.17) is 11.6 Å². The molecule has 0 saturated carbocycles. The normalized spacial score (nSPS) is 12.3. The Balaban J connectivity index is 1.82. The molecule has 1 unspecified atom stereocenters. The molecule has 5 nitrogen and oxygen atoms in total. The van der Waals surface area contributed by atoms with E-state index in [2.05, 4.69) is 26.8 Å². The molecule has 2 aromatic heterocycles. The highest BCUT2D eigenvalue weighted by molar-refractivity contribution is 7.10. The summed E-state index contributed by atoms with van der Waals surface area (Å²) in [5.74, 6) is 0. The largest absolute Gasteiger partial charge is 0.380 e. The Bertz CT molecular complexity index is 878. The van der Waals surface area contributed by atoms with Crippen LogP contribution >= 0.6 is 22.9 Å². The number of nitrogens with one attached hydrogen (secondary N) is 1. The highest BCUT2D eigenvalue weighted by atomic mass is 35.5. The van der Waals surface area contributed by atoms with Gasteiger partial charge in [-0.15, -0.1) is 11.3 Å². The van der Waals surface area contributed by atoms with E-state index in [-0.39, 0.29) is 16.6 Å². The second-order valence-electron chi connectivity index (χ2n) is 5.80. The SMILES string of the molecule is CN(C)C(CNc1cnn(-c2ccccc2)c(=O)c1Cl)c1cccs1. The Morgan fingerprint density at radius 3 is 2.64 bits per heavy atom. The fraction of sp³-hybridized carbons (Fsp3) is 0.222. The highest BCUT2D eigenvalue weighted by Gasteiger charge is 2.17. The van der Waals surface area contributed by atoms with Crippen LogP contribution in [0.25, 0.3) is 5.69 Å². The van der Waals surface area contributed by atoms with Crippen molar-refractivity contribution < 1.29 is 0 Å². The Morgan fingerprint density at radius 2 is 2.00 bits per heavy atom. The average Bonchev–Trinajstić information content (AvgIpc) is 3.13. The van der Waals surface area contributed by atoms with Gasteiger partial charge in [0.1, 0.15) is 5.02 Å². The second-order valence-corrected chi connectivity index (χ2v) is 7.16.